The molecule has 0 N–H and O–H groups in total. The van der Waals surface area contributed by atoms with Crippen LogP contribution in [0.1, 0.15) is 59.3 Å². The fraction of sp³-hybridized carbons (Fsp3) is 0.833. The molecule has 0 saturated carbocycles. The molecule has 1 aliphatic carbocycles. The Kier molecular flexibility index (Phi) is 3.37. The van der Waals surface area contributed by atoms with Crippen molar-refractivity contribution in [3.8, 4) is 0 Å². The van der Waals surface area contributed by atoms with Gasteiger partial charge in [0.1, 0.15) is 0 Å². The quantitative estimate of drug-likeness (QED) is 0.548. The first-order chi connectivity index (χ1) is 5.72. The van der Waals surface area contributed by atoms with Gasteiger partial charge in [-0.15, -0.1) is 0 Å². The molecular weight excluding hydrogens is 144 g/mol. The van der Waals surface area contributed by atoms with Gasteiger partial charge in [0.05, 0.1) is 0 Å². The minimum absolute atomic E-state index is 0.675. The van der Waals surface area contributed by atoms with E-state index in [1.165, 1.54) is 38.5 Å². The van der Waals surface area contributed by atoms with Gasteiger partial charge in [-0.25, -0.2) is 0 Å². The molecular formula is C12H22. The Morgan fingerprint density at radius 3 is 2.58 bits per heavy atom. The van der Waals surface area contributed by atoms with E-state index in [0.717, 1.165) is 0 Å². The first kappa shape index (κ1) is 9.83. The molecule has 0 amide bonds. The van der Waals surface area contributed by atoms with Crippen LogP contribution in [0, 0.1) is 5.41 Å². The van der Waals surface area contributed by atoms with Crippen molar-refractivity contribution in [1.82, 2.24) is 0 Å². The van der Waals surface area contributed by atoms with Crippen LogP contribution in [0.15, 0.2) is 11.6 Å². The third kappa shape index (κ3) is 2.12. The van der Waals surface area contributed by atoms with Crippen molar-refractivity contribution in [2.75, 3.05) is 0 Å². The fourth-order valence-electron chi connectivity index (χ4n) is 2.31. The van der Waals surface area contributed by atoms with Crippen LogP contribution in [0.25, 0.3) is 0 Å². The van der Waals surface area contributed by atoms with Crippen LogP contribution in [0.4, 0.5) is 0 Å². The highest BCUT2D eigenvalue weighted by atomic mass is 14.3. The molecule has 0 aliphatic heterocycles. The van der Waals surface area contributed by atoms with Gasteiger partial charge in [-0.3, -0.25) is 0 Å². The van der Waals surface area contributed by atoms with Crippen LogP contribution in [0.3, 0.4) is 0 Å². The zero-order valence-electron chi connectivity index (χ0n) is 8.82. The summed E-state index contributed by atoms with van der Waals surface area (Å²) in [7, 11) is 0. The van der Waals surface area contributed by atoms with E-state index >= 15 is 0 Å². The van der Waals surface area contributed by atoms with Crippen molar-refractivity contribution in [3.63, 3.8) is 0 Å². The average Bonchev–Trinajstić information content (AvgIpc) is 2.10. The third-order valence-electron chi connectivity index (χ3n) is 3.46. The summed E-state index contributed by atoms with van der Waals surface area (Å²) in [5.41, 5.74) is 2.28. The molecule has 1 unspecified atom stereocenters. The summed E-state index contributed by atoms with van der Waals surface area (Å²) in [6, 6.07) is 0. The van der Waals surface area contributed by atoms with Gasteiger partial charge in [0.2, 0.25) is 0 Å². The minimum Gasteiger partial charge on any atom is -0.0851 e. The molecule has 1 rings (SSSR count). The highest BCUT2D eigenvalue weighted by Gasteiger charge is 2.27. The summed E-state index contributed by atoms with van der Waals surface area (Å²) < 4.78 is 0. The minimum atomic E-state index is 0.675. The second-order valence-electron chi connectivity index (χ2n) is 4.36. The van der Waals surface area contributed by atoms with Gasteiger partial charge in [-0.05, 0) is 38.0 Å². The average molecular weight is 166 g/mol. The molecule has 70 valence electrons. The maximum atomic E-state index is 2.46. The molecule has 1 aliphatic rings. The van der Waals surface area contributed by atoms with E-state index in [4.69, 9.17) is 0 Å². The SMILES string of the molecule is CCCC1(CC)CC=C(C)CC1. The molecule has 0 aromatic rings. The molecule has 0 nitrogen and oxygen atoms in total. The first-order valence-electron chi connectivity index (χ1n) is 5.38. The largest absolute Gasteiger partial charge is 0.0851 e. The Bertz CT molecular complexity index is 167. The van der Waals surface area contributed by atoms with Crippen LogP contribution in [0.5, 0.6) is 0 Å². The molecule has 0 radical (unpaired) electrons. The highest BCUT2D eigenvalue weighted by molar-refractivity contribution is 5.06. The summed E-state index contributed by atoms with van der Waals surface area (Å²) in [5.74, 6) is 0. The lowest BCUT2D eigenvalue weighted by molar-refractivity contribution is 0.219. The monoisotopic (exact) mass is 166 g/mol. The normalized spacial score (nSPS) is 30.1. The second-order valence-corrected chi connectivity index (χ2v) is 4.36. The Hall–Kier alpha value is -0.260. The summed E-state index contributed by atoms with van der Waals surface area (Å²) >= 11 is 0. The Balaban J connectivity index is 2.58. The van der Waals surface area contributed by atoms with Gasteiger partial charge in [0, 0.05) is 0 Å². The Labute approximate surface area is 77.1 Å². The van der Waals surface area contributed by atoms with E-state index in [1.54, 1.807) is 5.57 Å². The fourth-order valence-corrected chi connectivity index (χ4v) is 2.31. The molecule has 0 heteroatoms. The number of rotatable bonds is 3. The standard InChI is InChI=1S/C12H22/c1-4-8-12(5-2)9-6-11(3)7-10-12/h6H,4-5,7-10H2,1-3H3. The van der Waals surface area contributed by atoms with Gasteiger partial charge in [0.25, 0.3) is 0 Å². The van der Waals surface area contributed by atoms with Gasteiger partial charge >= 0.3 is 0 Å². The molecule has 0 saturated heterocycles. The maximum Gasteiger partial charge on any atom is -0.0263 e. The Morgan fingerprint density at radius 1 is 1.42 bits per heavy atom. The van der Waals surface area contributed by atoms with Crippen molar-refractivity contribution in [1.29, 1.82) is 0 Å². The summed E-state index contributed by atoms with van der Waals surface area (Å²) in [5, 5.41) is 0. The predicted molar refractivity (Wildman–Crippen MR) is 55.2 cm³/mol. The van der Waals surface area contributed by atoms with Crippen molar-refractivity contribution in [2.45, 2.75) is 59.3 Å². The van der Waals surface area contributed by atoms with Crippen LogP contribution >= 0.6 is 0 Å². The summed E-state index contributed by atoms with van der Waals surface area (Å²) in [6.45, 7) is 6.93. The van der Waals surface area contributed by atoms with Crippen molar-refractivity contribution in [2.24, 2.45) is 5.41 Å². The van der Waals surface area contributed by atoms with Crippen molar-refractivity contribution in [3.05, 3.63) is 11.6 Å². The van der Waals surface area contributed by atoms with Gasteiger partial charge in [-0.1, -0.05) is 38.3 Å². The number of hydrogen-bond donors (Lipinski definition) is 0. The van der Waals surface area contributed by atoms with Crippen LogP contribution in [-0.2, 0) is 0 Å². The highest BCUT2D eigenvalue weighted by Crippen LogP contribution is 2.41. The molecule has 1 atom stereocenters. The summed E-state index contributed by atoms with van der Waals surface area (Å²) in [6.07, 6.45) is 10.7. The lowest BCUT2D eigenvalue weighted by Crippen LogP contribution is -2.21. The Morgan fingerprint density at radius 2 is 2.17 bits per heavy atom. The van der Waals surface area contributed by atoms with Gasteiger partial charge < -0.3 is 0 Å². The van der Waals surface area contributed by atoms with Crippen molar-refractivity contribution < 1.29 is 0 Å². The van der Waals surface area contributed by atoms with Crippen molar-refractivity contribution >= 4 is 0 Å². The molecule has 12 heavy (non-hydrogen) atoms. The molecule has 0 aromatic heterocycles. The molecule has 0 heterocycles. The van der Waals surface area contributed by atoms with Crippen LogP contribution in [-0.4, -0.2) is 0 Å². The predicted octanol–water partition coefficient (Wildman–Crippen LogP) is 4.31. The van der Waals surface area contributed by atoms with E-state index in [-0.39, 0.29) is 0 Å². The zero-order chi connectivity index (χ0) is 9.03. The third-order valence-corrected chi connectivity index (χ3v) is 3.46. The number of allylic oxidation sites excluding steroid dienone is 2. The zero-order valence-corrected chi connectivity index (χ0v) is 8.82. The smallest absolute Gasteiger partial charge is 0.0263 e. The molecule has 0 spiro atoms. The van der Waals surface area contributed by atoms with Crippen LogP contribution in [0.2, 0.25) is 0 Å². The van der Waals surface area contributed by atoms with E-state index in [2.05, 4.69) is 26.8 Å². The lowest BCUT2D eigenvalue weighted by Gasteiger charge is -2.35. The topological polar surface area (TPSA) is 0 Å². The number of hydrogen-bond acceptors (Lipinski definition) is 0. The van der Waals surface area contributed by atoms with E-state index < -0.39 is 0 Å². The molecule has 0 bridgehead atoms. The van der Waals surface area contributed by atoms with Crippen LogP contribution < -0.4 is 0 Å². The summed E-state index contributed by atoms with van der Waals surface area (Å²) in [4.78, 5) is 0. The van der Waals surface area contributed by atoms with Gasteiger partial charge in [0.15, 0.2) is 0 Å². The molecule has 0 fully saturated rings. The lowest BCUT2D eigenvalue weighted by atomic mass is 9.70. The van der Waals surface area contributed by atoms with E-state index in [0.29, 0.717) is 5.41 Å². The molecule has 0 aromatic carbocycles. The van der Waals surface area contributed by atoms with E-state index in [1.807, 2.05) is 0 Å². The maximum absolute atomic E-state index is 2.46. The van der Waals surface area contributed by atoms with Gasteiger partial charge in [-0.2, -0.15) is 0 Å². The van der Waals surface area contributed by atoms with E-state index in [9.17, 15) is 0 Å². The second kappa shape index (κ2) is 4.11. The first-order valence-corrected chi connectivity index (χ1v) is 5.38.